The molecule has 0 aliphatic carbocycles. The summed E-state index contributed by atoms with van der Waals surface area (Å²) in [5, 5.41) is 0. The molecule has 2 aliphatic rings. The maximum absolute atomic E-state index is 5.28. The Morgan fingerprint density at radius 3 is 2.59 bits per heavy atom. The van der Waals surface area contributed by atoms with Crippen molar-refractivity contribution in [3.05, 3.63) is 83.9 Å². The molecule has 2 aromatic heterocycles. The lowest BCUT2D eigenvalue weighted by atomic mass is 9.85. The molecule has 5 heteroatoms. The van der Waals surface area contributed by atoms with Gasteiger partial charge in [-0.15, -0.1) is 0 Å². The van der Waals surface area contributed by atoms with Crippen molar-refractivity contribution in [1.82, 2.24) is 14.9 Å². The van der Waals surface area contributed by atoms with Gasteiger partial charge in [0, 0.05) is 37.4 Å². The smallest absolute Gasteiger partial charge is 0.118 e. The van der Waals surface area contributed by atoms with Crippen LogP contribution in [0.3, 0.4) is 0 Å². The second-order valence-corrected chi connectivity index (χ2v) is 8.14. The zero-order valence-corrected chi connectivity index (χ0v) is 16.8. The number of pyridine rings is 2. The summed E-state index contributed by atoms with van der Waals surface area (Å²) in [6, 6.07) is 18.8. The number of rotatable bonds is 5. The number of benzene rings is 1. The predicted octanol–water partition coefficient (Wildman–Crippen LogP) is 3.65. The first-order valence-electron chi connectivity index (χ1n) is 10.2. The summed E-state index contributed by atoms with van der Waals surface area (Å²) in [6.07, 6.45) is 4.96. The normalized spacial score (nSPS) is 20.9. The minimum atomic E-state index is 0.109. The number of aromatic nitrogens is 2. The van der Waals surface area contributed by atoms with Crippen LogP contribution in [0.25, 0.3) is 0 Å². The molecule has 1 aromatic carbocycles. The Morgan fingerprint density at radius 2 is 1.79 bits per heavy atom. The topological polar surface area (TPSA) is 41.5 Å². The number of anilines is 1. The van der Waals surface area contributed by atoms with E-state index >= 15 is 0 Å². The Hall–Kier alpha value is -2.92. The molecule has 1 saturated heterocycles. The van der Waals surface area contributed by atoms with E-state index in [1.807, 2.05) is 36.7 Å². The van der Waals surface area contributed by atoms with Gasteiger partial charge >= 0.3 is 0 Å². The highest BCUT2D eigenvalue weighted by atomic mass is 16.5. The average Bonchev–Trinajstić information content (AvgIpc) is 3.31. The van der Waals surface area contributed by atoms with Gasteiger partial charge in [0.05, 0.1) is 30.7 Å². The molecule has 0 bridgehead atoms. The van der Waals surface area contributed by atoms with Crippen LogP contribution in [0.4, 0.5) is 5.69 Å². The first-order chi connectivity index (χ1) is 14.3. The molecule has 1 spiro atoms. The highest BCUT2D eigenvalue weighted by Crippen LogP contribution is 2.45. The van der Waals surface area contributed by atoms with Gasteiger partial charge in [-0.3, -0.25) is 14.9 Å². The number of likely N-dealkylation sites (tertiary alicyclic amines) is 1. The predicted molar refractivity (Wildman–Crippen MR) is 114 cm³/mol. The van der Waals surface area contributed by atoms with Crippen LogP contribution in [0, 0.1) is 0 Å². The van der Waals surface area contributed by atoms with Crippen molar-refractivity contribution in [1.29, 1.82) is 0 Å². The maximum atomic E-state index is 5.28. The van der Waals surface area contributed by atoms with Crippen molar-refractivity contribution in [3.8, 4) is 5.75 Å². The third-order valence-electron chi connectivity index (χ3n) is 6.20. The minimum Gasteiger partial charge on any atom is -0.497 e. The van der Waals surface area contributed by atoms with Crippen molar-refractivity contribution in [3.63, 3.8) is 0 Å². The van der Waals surface area contributed by atoms with Gasteiger partial charge in [-0.1, -0.05) is 18.2 Å². The second kappa shape index (κ2) is 7.48. The summed E-state index contributed by atoms with van der Waals surface area (Å²) in [5.74, 6) is 0.908. The number of methoxy groups -OCH3 is 1. The molecule has 148 valence electrons. The fraction of sp³-hybridized carbons (Fsp3) is 0.333. The molecule has 0 saturated carbocycles. The summed E-state index contributed by atoms with van der Waals surface area (Å²) < 4.78 is 5.28. The average molecular weight is 386 g/mol. The van der Waals surface area contributed by atoms with E-state index in [4.69, 9.17) is 9.72 Å². The van der Waals surface area contributed by atoms with Crippen molar-refractivity contribution in [2.75, 3.05) is 31.6 Å². The molecular formula is C24H26N4O. The van der Waals surface area contributed by atoms with E-state index in [1.165, 1.54) is 16.9 Å². The SMILES string of the molecule is COc1ccc(CN2CC[C@@]3(C2)CN(Cc2ccccn2)c2cccnc23)cc1. The summed E-state index contributed by atoms with van der Waals surface area (Å²) in [4.78, 5) is 14.4. The summed E-state index contributed by atoms with van der Waals surface area (Å²) in [7, 11) is 1.71. The zero-order valence-electron chi connectivity index (χ0n) is 16.8. The van der Waals surface area contributed by atoms with E-state index in [2.05, 4.69) is 45.1 Å². The molecule has 1 atom stereocenters. The summed E-state index contributed by atoms with van der Waals surface area (Å²) in [5.41, 5.74) is 5.06. The summed E-state index contributed by atoms with van der Waals surface area (Å²) in [6.45, 7) is 4.95. The fourth-order valence-electron chi connectivity index (χ4n) is 4.82. The van der Waals surface area contributed by atoms with E-state index in [0.29, 0.717) is 0 Å². The standard InChI is InChI=1S/C24H26N4O/c1-29-21-9-7-19(8-10-21)15-27-14-11-24(17-27)18-28(16-20-5-2-3-12-25-20)22-6-4-13-26-23(22)24/h2-10,12-13H,11,14-18H2,1H3/t24-/m1/s1. The molecule has 5 rings (SSSR count). The van der Waals surface area contributed by atoms with Crippen molar-refractivity contribution < 1.29 is 4.74 Å². The fourth-order valence-corrected chi connectivity index (χ4v) is 4.82. The monoisotopic (exact) mass is 386 g/mol. The van der Waals surface area contributed by atoms with E-state index in [0.717, 1.165) is 50.6 Å². The Balaban J connectivity index is 1.35. The number of hydrogen-bond acceptors (Lipinski definition) is 5. The van der Waals surface area contributed by atoms with Crippen LogP contribution < -0.4 is 9.64 Å². The number of ether oxygens (including phenoxy) is 1. The Labute approximate surface area is 172 Å². The Kier molecular flexibility index (Phi) is 4.68. The van der Waals surface area contributed by atoms with E-state index in [-0.39, 0.29) is 5.41 Å². The van der Waals surface area contributed by atoms with Gasteiger partial charge in [0.1, 0.15) is 5.75 Å². The lowest BCUT2D eigenvalue weighted by Crippen LogP contribution is -2.36. The van der Waals surface area contributed by atoms with Crippen molar-refractivity contribution >= 4 is 5.69 Å². The van der Waals surface area contributed by atoms with Crippen LogP contribution >= 0.6 is 0 Å². The highest BCUT2D eigenvalue weighted by molar-refractivity contribution is 5.60. The van der Waals surface area contributed by atoms with E-state index in [1.54, 1.807) is 7.11 Å². The van der Waals surface area contributed by atoms with Crippen LogP contribution in [-0.4, -0.2) is 41.6 Å². The maximum Gasteiger partial charge on any atom is 0.118 e. The summed E-state index contributed by atoms with van der Waals surface area (Å²) >= 11 is 0. The second-order valence-electron chi connectivity index (χ2n) is 8.14. The molecular weight excluding hydrogens is 360 g/mol. The first-order valence-corrected chi connectivity index (χ1v) is 10.2. The molecule has 29 heavy (non-hydrogen) atoms. The van der Waals surface area contributed by atoms with Gasteiger partial charge in [0.25, 0.3) is 0 Å². The number of nitrogens with zero attached hydrogens (tertiary/aromatic N) is 4. The number of hydrogen-bond donors (Lipinski definition) is 0. The highest BCUT2D eigenvalue weighted by Gasteiger charge is 2.48. The Bertz CT molecular complexity index is 976. The van der Waals surface area contributed by atoms with Crippen molar-refractivity contribution in [2.24, 2.45) is 0 Å². The third-order valence-corrected chi connectivity index (χ3v) is 6.20. The number of fused-ring (bicyclic) bond motifs is 2. The quantitative estimate of drug-likeness (QED) is 0.670. The van der Waals surface area contributed by atoms with Gasteiger partial charge in [-0.2, -0.15) is 0 Å². The van der Waals surface area contributed by atoms with Gasteiger partial charge in [-0.25, -0.2) is 0 Å². The molecule has 1 fully saturated rings. The van der Waals surface area contributed by atoms with Crippen LogP contribution in [0.15, 0.2) is 67.0 Å². The molecule has 2 aliphatic heterocycles. The van der Waals surface area contributed by atoms with Gasteiger partial charge in [-0.05, 0) is 54.9 Å². The first kappa shape index (κ1) is 18.1. The molecule has 3 aromatic rings. The Morgan fingerprint density at radius 1 is 0.931 bits per heavy atom. The van der Waals surface area contributed by atoms with E-state index < -0.39 is 0 Å². The van der Waals surface area contributed by atoms with Gasteiger partial charge in [0.2, 0.25) is 0 Å². The largest absolute Gasteiger partial charge is 0.497 e. The lowest BCUT2D eigenvalue weighted by molar-refractivity contribution is 0.305. The van der Waals surface area contributed by atoms with E-state index in [9.17, 15) is 0 Å². The van der Waals surface area contributed by atoms with Gasteiger partial charge < -0.3 is 9.64 Å². The molecule has 4 heterocycles. The van der Waals surface area contributed by atoms with Crippen LogP contribution in [0.5, 0.6) is 5.75 Å². The molecule has 0 radical (unpaired) electrons. The molecule has 5 nitrogen and oxygen atoms in total. The molecule has 0 unspecified atom stereocenters. The van der Waals surface area contributed by atoms with Gasteiger partial charge in [0.15, 0.2) is 0 Å². The van der Waals surface area contributed by atoms with Crippen LogP contribution in [-0.2, 0) is 18.5 Å². The zero-order chi connectivity index (χ0) is 19.7. The lowest BCUT2D eigenvalue weighted by Gasteiger charge is -2.26. The van der Waals surface area contributed by atoms with Crippen LogP contribution in [0.1, 0.15) is 23.4 Å². The molecule has 0 amide bonds. The minimum absolute atomic E-state index is 0.109. The molecule has 0 N–H and O–H groups in total. The van der Waals surface area contributed by atoms with Crippen LogP contribution in [0.2, 0.25) is 0 Å². The third kappa shape index (κ3) is 3.47. The van der Waals surface area contributed by atoms with Crippen molar-refractivity contribution in [2.45, 2.75) is 24.9 Å².